The largest absolute Gasteiger partial charge is 0.476 e. The highest BCUT2D eigenvalue weighted by atomic mass is 35.5. The number of nitrogens with zero attached hydrogens (tertiary/aromatic N) is 1. The predicted octanol–water partition coefficient (Wildman–Crippen LogP) is 4.14. The summed E-state index contributed by atoms with van der Waals surface area (Å²) in [4.78, 5) is 16.2. The molecular weight excluding hydrogens is 315 g/mol. The molecule has 0 aliphatic carbocycles. The number of amides is 1. The van der Waals surface area contributed by atoms with Crippen LogP contribution in [0.3, 0.4) is 0 Å². The van der Waals surface area contributed by atoms with Crippen LogP contribution in [-0.4, -0.2) is 30.2 Å². The Labute approximate surface area is 133 Å². The maximum absolute atomic E-state index is 11.9. The second-order valence-electron chi connectivity index (χ2n) is 5.32. The molecule has 0 radical (unpaired) electrons. The maximum atomic E-state index is 11.9. The average molecular weight is 331 g/mol. The minimum absolute atomic E-state index is 0.296. The van der Waals surface area contributed by atoms with Gasteiger partial charge in [0, 0.05) is 0 Å². The zero-order valence-electron chi connectivity index (χ0n) is 11.9. The number of benzene rings is 1. The van der Waals surface area contributed by atoms with Crippen LogP contribution < -0.4 is 5.32 Å². The Morgan fingerprint density at radius 2 is 2.05 bits per heavy atom. The number of hydrogen-bond donors (Lipinski definition) is 1. The van der Waals surface area contributed by atoms with Crippen molar-refractivity contribution in [2.75, 3.05) is 11.9 Å². The van der Waals surface area contributed by atoms with Crippen LogP contribution in [0.15, 0.2) is 23.2 Å². The molecule has 0 saturated heterocycles. The topological polar surface area (TPSA) is 59.9 Å². The van der Waals surface area contributed by atoms with Gasteiger partial charge in [-0.2, -0.15) is 0 Å². The minimum atomic E-state index is -0.673. The number of ether oxygens (including phenoxy) is 2. The summed E-state index contributed by atoms with van der Waals surface area (Å²) in [6, 6.07) is 4.94. The second kappa shape index (κ2) is 6.12. The van der Waals surface area contributed by atoms with Gasteiger partial charge >= 0.3 is 6.09 Å². The zero-order chi connectivity index (χ0) is 15.6. The van der Waals surface area contributed by atoms with Gasteiger partial charge in [0.25, 0.3) is 0 Å². The van der Waals surface area contributed by atoms with E-state index in [9.17, 15) is 4.79 Å². The number of anilines is 1. The lowest BCUT2D eigenvalue weighted by Crippen LogP contribution is -2.27. The van der Waals surface area contributed by atoms with E-state index in [4.69, 9.17) is 32.7 Å². The van der Waals surface area contributed by atoms with Crippen LogP contribution >= 0.6 is 23.2 Å². The molecule has 0 aromatic heterocycles. The first-order valence-electron chi connectivity index (χ1n) is 6.43. The van der Waals surface area contributed by atoms with E-state index in [2.05, 4.69) is 10.3 Å². The molecule has 1 amide bonds. The van der Waals surface area contributed by atoms with Crippen molar-refractivity contribution in [2.24, 2.45) is 4.99 Å². The lowest BCUT2D eigenvalue weighted by molar-refractivity contribution is 0.135. The molecule has 1 atom stereocenters. The van der Waals surface area contributed by atoms with E-state index < -0.39 is 12.2 Å². The Bertz CT molecular complexity index is 567. The zero-order valence-corrected chi connectivity index (χ0v) is 13.5. The van der Waals surface area contributed by atoms with Gasteiger partial charge in [0.05, 0.1) is 21.3 Å². The highest BCUT2D eigenvalue weighted by Gasteiger charge is 2.30. The molecule has 0 spiro atoms. The number of rotatable bonds is 3. The molecular formula is C14H16Cl2N2O3. The SMILES string of the molecule is CC(OC(=O)Nc1c(Cl)cccc1Cl)C1=NC(C)(C)CO1. The molecule has 1 heterocycles. The lowest BCUT2D eigenvalue weighted by Gasteiger charge is -2.14. The molecule has 1 unspecified atom stereocenters. The van der Waals surface area contributed by atoms with Gasteiger partial charge in [0.2, 0.25) is 5.90 Å². The van der Waals surface area contributed by atoms with Gasteiger partial charge < -0.3 is 9.47 Å². The van der Waals surface area contributed by atoms with E-state index in [-0.39, 0.29) is 5.54 Å². The van der Waals surface area contributed by atoms with Crippen LogP contribution in [0.2, 0.25) is 10.0 Å². The van der Waals surface area contributed by atoms with Gasteiger partial charge in [-0.15, -0.1) is 0 Å². The molecule has 0 saturated carbocycles. The van der Waals surface area contributed by atoms with E-state index in [0.29, 0.717) is 28.2 Å². The molecule has 7 heteroatoms. The molecule has 0 fully saturated rings. The van der Waals surface area contributed by atoms with Crippen molar-refractivity contribution in [2.45, 2.75) is 32.4 Å². The van der Waals surface area contributed by atoms with Gasteiger partial charge in [-0.3, -0.25) is 5.32 Å². The van der Waals surface area contributed by atoms with Crippen LogP contribution in [0, 0.1) is 0 Å². The third-order valence-electron chi connectivity index (χ3n) is 2.81. The summed E-state index contributed by atoms with van der Waals surface area (Å²) >= 11 is 11.9. The van der Waals surface area contributed by atoms with E-state index in [1.165, 1.54) is 0 Å². The number of para-hydroxylation sites is 1. The predicted molar refractivity (Wildman–Crippen MR) is 83.5 cm³/mol. The van der Waals surface area contributed by atoms with E-state index >= 15 is 0 Å². The molecule has 1 aromatic rings. The molecule has 1 aliphatic heterocycles. The summed E-state index contributed by atoms with van der Waals surface area (Å²) in [5, 5.41) is 3.19. The normalized spacial score (nSPS) is 17.7. The second-order valence-corrected chi connectivity index (χ2v) is 6.13. The standard InChI is InChI=1S/C14H16Cl2N2O3/c1-8(12-18-14(2,3)7-20-12)21-13(19)17-11-9(15)5-4-6-10(11)16/h4-6,8H,7H2,1-3H3,(H,17,19). The number of carbonyl (C=O) groups excluding carboxylic acids is 1. The minimum Gasteiger partial charge on any atom is -0.476 e. The summed E-state index contributed by atoms with van der Waals surface area (Å²) < 4.78 is 10.6. The molecule has 2 rings (SSSR count). The summed E-state index contributed by atoms with van der Waals surface area (Å²) in [6.45, 7) is 6.04. The quantitative estimate of drug-likeness (QED) is 0.906. The Hall–Kier alpha value is -1.46. The van der Waals surface area contributed by atoms with Crippen molar-refractivity contribution in [3.05, 3.63) is 28.2 Å². The number of halogens is 2. The number of hydrogen-bond acceptors (Lipinski definition) is 4. The molecule has 5 nitrogen and oxygen atoms in total. The number of carbonyl (C=O) groups is 1. The van der Waals surface area contributed by atoms with Crippen molar-refractivity contribution < 1.29 is 14.3 Å². The van der Waals surface area contributed by atoms with Crippen molar-refractivity contribution in [1.82, 2.24) is 0 Å². The third-order valence-corrected chi connectivity index (χ3v) is 3.44. The van der Waals surface area contributed by atoms with Crippen LogP contribution in [0.5, 0.6) is 0 Å². The van der Waals surface area contributed by atoms with Crippen molar-refractivity contribution in [1.29, 1.82) is 0 Å². The monoisotopic (exact) mass is 330 g/mol. The number of aliphatic imine (C=N–C) groups is 1. The first kappa shape index (κ1) is 15.9. The van der Waals surface area contributed by atoms with E-state index in [1.54, 1.807) is 25.1 Å². The lowest BCUT2D eigenvalue weighted by atomic mass is 10.1. The summed E-state index contributed by atoms with van der Waals surface area (Å²) in [6.07, 6.45) is -1.26. The molecule has 114 valence electrons. The highest BCUT2D eigenvalue weighted by molar-refractivity contribution is 6.39. The summed E-state index contributed by atoms with van der Waals surface area (Å²) in [5.41, 5.74) is 0.0165. The fourth-order valence-electron chi connectivity index (χ4n) is 1.78. The van der Waals surface area contributed by atoms with Crippen LogP contribution in [0.4, 0.5) is 10.5 Å². The van der Waals surface area contributed by atoms with Crippen LogP contribution in [-0.2, 0) is 9.47 Å². The Morgan fingerprint density at radius 3 is 2.57 bits per heavy atom. The fourth-order valence-corrected chi connectivity index (χ4v) is 2.27. The van der Waals surface area contributed by atoms with Gasteiger partial charge in [-0.05, 0) is 32.9 Å². The van der Waals surface area contributed by atoms with Gasteiger partial charge in [0.15, 0.2) is 6.10 Å². The third kappa shape index (κ3) is 4.02. The first-order valence-corrected chi connectivity index (χ1v) is 7.18. The number of nitrogens with one attached hydrogen (secondary N) is 1. The van der Waals surface area contributed by atoms with Crippen LogP contribution in [0.25, 0.3) is 0 Å². The average Bonchev–Trinajstić information content (AvgIpc) is 2.74. The van der Waals surface area contributed by atoms with E-state index in [0.717, 1.165) is 0 Å². The summed E-state index contributed by atoms with van der Waals surface area (Å²) in [7, 11) is 0. The molecule has 0 bridgehead atoms. The molecule has 1 N–H and O–H groups in total. The van der Waals surface area contributed by atoms with Gasteiger partial charge in [-0.25, -0.2) is 9.79 Å². The fraction of sp³-hybridized carbons (Fsp3) is 0.429. The smallest absolute Gasteiger partial charge is 0.412 e. The first-order chi connectivity index (χ1) is 9.78. The van der Waals surface area contributed by atoms with E-state index in [1.807, 2.05) is 13.8 Å². The molecule has 21 heavy (non-hydrogen) atoms. The maximum Gasteiger partial charge on any atom is 0.412 e. The van der Waals surface area contributed by atoms with Gasteiger partial charge in [0.1, 0.15) is 6.61 Å². The molecule has 1 aliphatic rings. The Balaban J connectivity index is 1.99. The van der Waals surface area contributed by atoms with Gasteiger partial charge in [-0.1, -0.05) is 29.3 Å². The Morgan fingerprint density at radius 1 is 1.43 bits per heavy atom. The molecule has 1 aromatic carbocycles. The highest BCUT2D eigenvalue weighted by Crippen LogP contribution is 2.30. The van der Waals surface area contributed by atoms with Crippen molar-refractivity contribution in [3.63, 3.8) is 0 Å². The van der Waals surface area contributed by atoms with Crippen molar-refractivity contribution in [3.8, 4) is 0 Å². The van der Waals surface area contributed by atoms with Crippen LogP contribution in [0.1, 0.15) is 20.8 Å². The summed E-state index contributed by atoms with van der Waals surface area (Å²) in [5.74, 6) is 0.403. The van der Waals surface area contributed by atoms with Crippen molar-refractivity contribution >= 4 is 40.9 Å². The Kier molecular flexibility index (Phi) is 4.64.